The Morgan fingerprint density at radius 2 is 1.47 bits per heavy atom. The van der Waals surface area contributed by atoms with Crippen LogP contribution in [-0.4, -0.2) is 32.6 Å². The van der Waals surface area contributed by atoms with Gasteiger partial charge < -0.3 is 14.2 Å². The summed E-state index contributed by atoms with van der Waals surface area (Å²) in [7, 11) is 1.42. The van der Waals surface area contributed by atoms with Gasteiger partial charge in [-0.2, -0.15) is 0 Å². The maximum Gasteiger partial charge on any atom is 0.313 e. The number of unbranched alkanes of at least 4 members (excludes halogenated alkanes) is 2. The number of carbonyl (C=O) groups excluding carboxylic acids is 1. The highest BCUT2D eigenvalue weighted by molar-refractivity contribution is 5.72. The Labute approximate surface area is 117 Å². The van der Waals surface area contributed by atoms with Crippen LogP contribution in [0.3, 0.4) is 0 Å². The Balaban J connectivity index is 4.47. The molecule has 0 saturated heterocycles. The molecule has 4 heteroatoms. The molecule has 1 atom stereocenters. The van der Waals surface area contributed by atoms with Crippen molar-refractivity contribution < 1.29 is 19.0 Å². The molecule has 0 amide bonds. The summed E-state index contributed by atoms with van der Waals surface area (Å²) in [5.41, 5.74) is 0. The summed E-state index contributed by atoms with van der Waals surface area (Å²) in [4.78, 5) is 11.8. The van der Waals surface area contributed by atoms with Crippen LogP contribution in [0.15, 0.2) is 0 Å². The normalized spacial score (nSPS) is 12.7. The van der Waals surface area contributed by atoms with Crippen molar-refractivity contribution in [2.45, 2.75) is 65.6 Å². The Morgan fingerprint density at radius 1 is 0.947 bits per heavy atom. The molecular weight excluding hydrogens is 244 g/mol. The van der Waals surface area contributed by atoms with E-state index in [4.69, 9.17) is 14.2 Å². The first-order chi connectivity index (χ1) is 9.21. The zero-order valence-corrected chi connectivity index (χ0v) is 12.9. The fraction of sp³-hybridized carbons (Fsp3) is 0.933. The first-order valence-electron chi connectivity index (χ1n) is 7.52. The molecule has 0 fully saturated rings. The summed E-state index contributed by atoms with van der Waals surface area (Å²) in [6, 6.07) is 0. The summed E-state index contributed by atoms with van der Waals surface area (Å²) in [6.07, 6.45) is 5.27. The van der Waals surface area contributed by atoms with Gasteiger partial charge >= 0.3 is 5.97 Å². The Hall–Kier alpha value is -0.610. The van der Waals surface area contributed by atoms with E-state index in [1.54, 1.807) is 0 Å². The van der Waals surface area contributed by atoms with E-state index in [0.29, 0.717) is 13.2 Å². The lowest BCUT2D eigenvalue weighted by molar-refractivity contribution is -0.192. The molecule has 0 bridgehead atoms. The second-order valence-electron chi connectivity index (χ2n) is 4.74. The van der Waals surface area contributed by atoms with E-state index in [9.17, 15) is 4.79 Å². The molecule has 0 N–H and O–H groups in total. The highest BCUT2D eigenvalue weighted by Crippen LogP contribution is 2.19. The predicted molar refractivity (Wildman–Crippen MR) is 75.9 cm³/mol. The van der Waals surface area contributed by atoms with Crippen LogP contribution in [-0.2, 0) is 19.0 Å². The highest BCUT2D eigenvalue weighted by Gasteiger charge is 2.29. The van der Waals surface area contributed by atoms with Crippen LogP contribution < -0.4 is 0 Å². The number of ether oxygens (including phenoxy) is 3. The first-order valence-corrected chi connectivity index (χ1v) is 7.52. The molecule has 114 valence electrons. The molecule has 0 rings (SSSR count). The third-order valence-electron chi connectivity index (χ3n) is 2.99. The zero-order valence-electron chi connectivity index (χ0n) is 12.9. The van der Waals surface area contributed by atoms with Gasteiger partial charge in [0.1, 0.15) is 5.92 Å². The van der Waals surface area contributed by atoms with E-state index in [1.807, 2.05) is 6.92 Å². The fourth-order valence-electron chi connectivity index (χ4n) is 1.80. The standard InChI is InChI=1S/C15H30O4/c1-5-8-11-18-15(19-12-9-6-2)13(10-7-3)14(16)17-4/h13,15H,5-12H2,1-4H3. The van der Waals surface area contributed by atoms with Gasteiger partial charge in [0.15, 0.2) is 6.29 Å². The van der Waals surface area contributed by atoms with Crippen molar-refractivity contribution in [3.05, 3.63) is 0 Å². The molecule has 0 aliphatic rings. The van der Waals surface area contributed by atoms with Crippen LogP contribution >= 0.6 is 0 Å². The maximum absolute atomic E-state index is 11.8. The molecule has 0 aliphatic heterocycles. The van der Waals surface area contributed by atoms with Crippen LogP contribution in [0.4, 0.5) is 0 Å². The Morgan fingerprint density at radius 3 is 1.84 bits per heavy atom. The van der Waals surface area contributed by atoms with Gasteiger partial charge in [-0.1, -0.05) is 40.0 Å². The van der Waals surface area contributed by atoms with Crippen molar-refractivity contribution in [3.63, 3.8) is 0 Å². The number of hydrogen-bond acceptors (Lipinski definition) is 4. The van der Waals surface area contributed by atoms with Gasteiger partial charge in [0.05, 0.1) is 7.11 Å². The Bertz CT molecular complexity index is 208. The minimum absolute atomic E-state index is 0.236. The number of methoxy groups -OCH3 is 1. The fourth-order valence-corrected chi connectivity index (χ4v) is 1.80. The van der Waals surface area contributed by atoms with Crippen molar-refractivity contribution in [2.75, 3.05) is 20.3 Å². The van der Waals surface area contributed by atoms with Crippen LogP contribution in [0, 0.1) is 5.92 Å². The third-order valence-corrected chi connectivity index (χ3v) is 2.99. The van der Waals surface area contributed by atoms with Crippen molar-refractivity contribution in [2.24, 2.45) is 5.92 Å². The van der Waals surface area contributed by atoms with E-state index in [2.05, 4.69) is 13.8 Å². The second kappa shape index (κ2) is 12.4. The quantitative estimate of drug-likeness (QED) is 0.310. The molecule has 0 radical (unpaired) electrons. The van der Waals surface area contributed by atoms with Crippen LogP contribution in [0.2, 0.25) is 0 Å². The molecule has 0 aromatic heterocycles. The van der Waals surface area contributed by atoms with Crippen molar-refractivity contribution in [1.29, 1.82) is 0 Å². The lowest BCUT2D eigenvalue weighted by Gasteiger charge is -2.25. The summed E-state index contributed by atoms with van der Waals surface area (Å²) in [5, 5.41) is 0. The predicted octanol–water partition coefficient (Wildman–Crippen LogP) is 3.54. The van der Waals surface area contributed by atoms with Gasteiger partial charge in [-0.15, -0.1) is 0 Å². The third kappa shape index (κ3) is 8.22. The average molecular weight is 274 g/mol. The van der Waals surface area contributed by atoms with E-state index in [-0.39, 0.29) is 11.9 Å². The van der Waals surface area contributed by atoms with Crippen molar-refractivity contribution in [3.8, 4) is 0 Å². The second-order valence-corrected chi connectivity index (χ2v) is 4.74. The van der Waals surface area contributed by atoms with E-state index in [0.717, 1.165) is 38.5 Å². The molecule has 0 aliphatic carbocycles. The van der Waals surface area contributed by atoms with Crippen LogP contribution in [0.25, 0.3) is 0 Å². The molecule has 0 saturated carbocycles. The highest BCUT2D eigenvalue weighted by atomic mass is 16.7. The largest absolute Gasteiger partial charge is 0.469 e. The molecular formula is C15H30O4. The summed E-state index contributed by atoms with van der Waals surface area (Å²) >= 11 is 0. The number of rotatable bonds is 12. The van der Waals surface area contributed by atoms with Gasteiger partial charge in [-0.3, -0.25) is 4.79 Å². The first kappa shape index (κ1) is 18.4. The number of carbonyl (C=O) groups is 1. The van der Waals surface area contributed by atoms with Crippen LogP contribution in [0.5, 0.6) is 0 Å². The summed E-state index contributed by atoms with van der Waals surface area (Å²) in [6.45, 7) is 7.53. The number of hydrogen-bond donors (Lipinski definition) is 0. The molecule has 0 spiro atoms. The van der Waals surface area contributed by atoms with Crippen molar-refractivity contribution >= 4 is 5.97 Å². The monoisotopic (exact) mass is 274 g/mol. The van der Waals surface area contributed by atoms with Crippen molar-refractivity contribution in [1.82, 2.24) is 0 Å². The minimum atomic E-state index is -0.467. The Kier molecular flexibility index (Phi) is 12.0. The molecule has 4 nitrogen and oxygen atoms in total. The van der Waals surface area contributed by atoms with E-state index < -0.39 is 6.29 Å². The summed E-state index contributed by atoms with van der Waals surface area (Å²) < 4.78 is 16.3. The van der Waals surface area contributed by atoms with Gasteiger partial charge in [0, 0.05) is 13.2 Å². The smallest absolute Gasteiger partial charge is 0.313 e. The van der Waals surface area contributed by atoms with Crippen LogP contribution in [0.1, 0.15) is 59.3 Å². The topological polar surface area (TPSA) is 44.8 Å². The van der Waals surface area contributed by atoms with E-state index >= 15 is 0 Å². The number of esters is 1. The summed E-state index contributed by atoms with van der Waals surface area (Å²) in [5.74, 6) is -0.552. The lowest BCUT2D eigenvalue weighted by Crippen LogP contribution is -2.34. The average Bonchev–Trinajstić information content (AvgIpc) is 2.43. The minimum Gasteiger partial charge on any atom is -0.469 e. The maximum atomic E-state index is 11.8. The zero-order chi connectivity index (χ0) is 14.5. The molecule has 0 aromatic carbocycles. The van der Waals surface area contributed by atoms with Gasteiger partial charge in [0.2, 0.25) is 0 Å². The van der Waals surface area contributed by atoms with E-state index in [1.165, 1.54) is 7.11 Å². The molecule has 0 heterocycles. The SMILES string of the molecule is CCCCOC(OCCCC)C(CCC)C(=O)OC. The lowest BCUT2D eigenvalue weighted by atomic mass is 10.0. The van der Waals surface area contributed by atoms with Gasteiger partial charge in [-0.05, 0) is 19.3 Å². The molecule has 1 unspecified atom stereocenters. The van der Waals surface area contributed by atoms with Gasteiger partial charge in [-0.25, -0.2) is 0 Å². The van der Waals surface area contributed by atoms with Gasteiger partial charge in [0.25, 0.3) is 0 Å². The molecule has 0 aromatic rings. The molecule has 19 heavy (non-hydrogen) atoms.